The molecular weight excluding hydrogens is 385 g/mol. The van der Waals surface area contributed by atoms with E-state index in [1.807, 2.05) is 0 Å². The molecule has 0 saturated heterocycles. The molecule has 1 aromatic heterocycles. The summed E-state index contributed by atoms with van der Waals surface area (Å²) in [7, 11) is 1.41. The van der Waals surface area contributed by atoms with E-state index in [-0.39, 0.29) is 6.54 Å². The standard InChI is InChI=1S/C16H14ClF2N4O2P/c17-13-7-12(4-5-20-13)25-11-3-1-2-10(6-11)15-21-8-14(24)23(22-15)9-16(18,19)26/h1-7H,8-9,26H2,(H,21,22). The quantitative estimate of drug-likeness (QED) is 0.621. The molecule has 1 aliphatic rings. The number of benzene rings is 1. The molecule has 0 bridgehead atoms. The molecule has 1 amide bonds. The summed E-state index contributed by atoms with van der Waals surface area (Å²) in [6.45, 7) is -0.991. The van der Waals surface area contributed by atoms with Crippen molar-refractivity contribution in [1.29, 1.82) is 0 Å². The Balaban J connectivity index is 1.78. The maximum Gasteiger partial charge on any atom is 0.278 e. The number of amidine groups is 1. The third-order valence-electron chi connectivity index (χ3n) is 3.32. The van der Waals surface area contributed by atoms with Crippen molar-refractivity contribution in [2.75, 3.05) is 13.1 Å². The number of aromatic nitrogens is 1. The number of alkyl halides is 2. The molecule has 1 aliphatic heterocycles. The number of aliphatic imine (C=N–C) groups is 1. The molecule has 0 aliphatic carbocycles. The summed E-state index contributed by atoms with van der Waals surface area (Å²) < 4.78 is 32.1. The van der Waals surface area contributed by atoms with Crippen LogP contribution in [0.15, 0.2) is 47.6 Å². The van der Waals surface area contributed by atoms with Crippen molar-refractivity contribution in [1.82, 2.24) is 15.4 Å². The number of amides is 1. The smallest absolute Gasteiger partial charge is 0.278 e. The highest BCUT2D eigenvalue weighted by atomic mass is 35.5. The second-order valence-corrected chi connectivity index (χ2v) is 6.69. The normalized spacial score (nSPS) is 14.7. The summed E-state index contributed by atoms with van der Waals surface area (Å²) >= 11 is 5.83. The van der Waals surface area contributed by atoms with Crippen molar-refractivity contribution < 1.29 is 18.3 Å². The molecule has 0 saturated carbocycles. The van der Waals surface area contributed by atoms with Crippen molar-refractivity contribution in [2.45, 2.75) is 5.66 Å². The van der Waals surface area contributed by atoms with E-state index in [0.717, 1.165) is 5.01 Å². The maximum atomic E-state index is 13.2. The van der Waals surface area contributed by atoms with Crippen molar-refractivity contribution in [3.63, 3.8) is 0 Å². The molecule has 2 aromatic rings. The molecule has 3 rings (SSSR count). The minimum Gasteiger partial charge on any atom is -0.457 e. The highest BCUT2D eigenvalue weighted by Crippen LogP contribution is 2.25. The van der Waals surface area contributed by atoms with Gasteiger partial charge in [-0.2, -0.15) is 0 Å². The van der Waals surface area contributed by atoms with Crippen LogP contribution < -0.4 is 10.2 Å². The van der Waals surface area contributed by atoms with Gasteiger partial charge in [-0.3, -0.25) is 15.2 Å². The van der Waals surface area contributed by atoms with Gasteiger partial charge in [0.1, 0.15) is 35.6 Å². The van der Waals surface area contributed by atoms with Gasteiger partial charge < -0.3 is 4.74 Å². The number of carbonyl (C=O) groups is 1. The average molecular weight is 399 g/mol. The number of nitrogens with zero attached hydrogens (tertiary/aromatic N) is 3. The number of hydrazine groups is 1. The van der Waals surface area contributed by atoms with Crippen LogP contribution in [-0.4, -0.2) is 40.5 Å². The van der Waals surface area contributed by atoms with E-state index in [1.54, 1.807) is 36.4 Å². The van der Waals surface area contributed by atoms with Gasteiger partial charge in [0.25, 0.3) is 11.6 Å². The van der Waals surface area contributed by atoms with Crippen LogP contribution in [0.3, 0.4) is 0 Å². The van der Waals surface area contributed by atoms with Crippen molar-refractivity contribution in [2.24, 2.45) is 4.99 Å². The lowest BCUT2D eigenvalue weighted by atomic mass is 10.2. The van der Waals surface area contributed by atoms with Gasteiger partial charge in [-0.05, 0) is 18.2 Å². The minimum atomic E-state index is -3.10. The van der Waals surface area contributed by atoms with E-state index in [0.29, 0.717) is 28.1 Å². The Morgan fingerprint density at radius 1 is 1.31 bits per heavy atom. The fourth-order valence-electron chi connectivity index (χ4n) is 2.24. The van der Waals surface area contributed by atoms with Gasteiger partial charge in [-0.1, -0.05) is 33.0 Å². The number of hydrogen-bond donors (Lipinski definition) is 1. The summed E-state index contributed by atoms with van der Waals surface area (Å²) in [5, 5.41) is 1.15. The second kappa shape index (κ2) is 7.51. The number of ether oxygens (including phenoxy) is 1. The number of pyridine rings is 1. The summed E-state index contributed by atoms with van der Waals surface area (Å²) in [4.78, 5) is 19.7. The van der Waals surface area contributed by atoms with E-state index < -0.39 is 18.1 Å². The van der Waals surface area contributed by atoms with E-state index in [2.05, 4.69) is 15.4 Å². The molecule has 136 valence electrons. The Hall–Kier alpha value is -2.31. The average Bonchev–Trinajstić information content (AvgIpc) is 2.56. The lowest BCUT2D eigenvalue weighted by molar-refractivity contribution is -0.135. The number of hydrogen-bond acceptors (Lipinski definition) is 5. The Morgan fingerprint density at radius 3 is 2.81 bits per heavy atom. The highest BCUT2D eigenvalue weighted by Gasteiger charge is 2.31. The summed E-state index contributed by atoms with van der Waals surface area (Å²) in [5.74, 6) is 0.765. The summed E-state index contributed by atoms with van der Waals surface area (Å²) in [6.07, 6.45) is 1.51. The fraction of sp³-hybridized carbons (Fsp3) is 0.188. The largest absolute Gasteiger partial charge is 0.457 e. The van der Waals surface area contributed by atoms with E-state index >= 15 is 0 Å². The molecule has 1 N–H and O–H groups in total. The SMILES string of the molecule is O=C1CN=C(c2cccc(Oc3ccnc(Cl)c3)c2)NN1CC(F)(F)P. The molecular formula is C16H14ClF2N4O2P. The van der Waals surface area contributed by atoms with Crippen LogP contribution in [0.1, 0.15) is 5.56 Å². The van der Waals surface area contributed by atoms with Crippen LogP contribution in [-0.2, 0) is 4.79 Å². The van der Waals surface area contributed by atoms with Gasteiger partial charge in [-0.25, -0.2) is 18.8 Å². The zero-order valence-corrected chi connectivity index (χ0v) is 15.2. The Morgan fingerprint density at radius 2 is 2.08 bits per heavy atom. The third kappa shape index (κ3) is 4.86. The maximum absolute atomic E-state index is 13.2. The molecule has 2 heterocycles. The number of nitrogens with one attached hydrogen (secondary N) is 1. The van der Waals surface area contributed by atoms with E-state index in [9.17, 15) is 13.6 Å². The number of halogens is 3. The molecule has 1 unspecified atom stereocenters. The first-order valence-electron chi connectivity index (χ1n) is 7.48. The van der Waals surface area contributed by atoms with Crippen LogP contribution in [0, 0.1) is 0 Å². The molecule has 6 nitrogen and oxygen atoms in total. The first-order valence-corrected chi connectivity index (χ1v) is 8.44. The van der Waals surface area contributed by atoms with Crippen LogP contribution in [0.2, 0.25) is 5.15 Å². The summed E-state index contributed by atoms with van der Waals surface area (Å²) in [5.41, 5.74) is 0.120. The molecule has 1 aromatic carbocycles. The zero-order chi connectivity index (χ0) is 18.7. The minimum absolute atomic E-state index is 0.214. The second-order valence-electron chi connectivity index (χ2n) is 5.46. The Labute approximate surface area is 155 Å². The first-order chi connectivity index (χ1) is 12.3. The molecule has 26 heavy (non-hydrogen) atoms. The van der Waals surface area contributed by atoms with Gasteiger partial charge in [0.2, 0.25) is 0 Å². The topological polar surface area (TPSA) is 66.8 Å². The highest BCUT2D eigenvalue weighted by molar-refractivity contribution is 7.18. The third-order valence-corrected chi connectivity index (χ3v) is 3.71. The van der Waals surface area contributed by atoms with Gasteiger partial charge in [0.05, 0.1) is 0 Å². The molecule has 0 radical (unpaired) electrons. The van der Waals surface area contributed by atoms with Gasteiger partial charge in [0.15, 0.2) is 0 Å². The van der Waals surface area contributed by atoms with Gasteiger partial charge in [-0.15, -0.1) is 0 Å². The van der Waals surface area contributed by atoms with Crippen molar-refractivity contribution in [3.05, 3.63) is 53.3 Å². The zero-order valence-electron chi connectivity index (χ0n) is 13.3. The van der Waals surface area contributed by atoms with Crippen LogP contribution in [0.4, 0.5) is 8.78 Å². The predicted octanol–water partition coefficient (Wildman–Crippen LogP) is 3.09. The van der Waals surface area contributed by atoms with Gasteiger partial charge in [0, 0.05) is 17.8 Å². The van der Waals surface area contributed by atoms with Crippen LogP contribution in [0.5, 0.6) is 11.5 Å². The molecule has 10 heteroatoms. The van der Waals surface area contributed by atoms with Crippen molar-refractivity contribution >= 4 is 32.6 Å². The monoisotopic (exact) mass is 398 g/mol. The lowest BCUT2D eigenvalue weighted by Crippen LogP contribution is -2.54. The van der Waals surface area contributed by atoms with Crippen LogP contribution >= 0.6 is 20.8 Å². The van der Waals surface area contributed by atoms with Crippen LogP contribution in [0.25, 0.3) is 0 Å². The van der Waals surface area contributed by atoms with Gasteiger partial charge >= 0.3 is 0 Å². The molecule has 0 spiro atoms. The molecule has 0 fully saturated rings. The number of carbonyl (C=O) groups excluding carboxylic acids is 1. The number of rotatable bonds is 5. The van der Waals surface area contributed by atoms with Crippen molar-refractivity contribution in [3.8, 4) is 11.5 Å². The summed E-state index contributed by atoms with van der Waals surface area (Å²) in [6, 6.07) is 10.1. The Bertz CT molecular complexity index is 860. The first kappa shape index (κ1) is 18.5. The van der Waals surface area contributed by atoms with E-state index in [1.165, 1.54) is 15.4 Å². The Kier molecular flexibility index (Phi) is 5.34. The van der Waals surface area contributed by atoms with E-state index in [4.69, 9.17) is 16.3 Å². The lowest BCUT2D eigenvalue weighted by Gasteiger charge is -2.30. The predicted molar refractivity (Wildman–Crippen MR) is 96.7 cm³/mol. The molecule has 1 atom stereocenters. The fourth-order valence-corrected chi connectivity index (χ4v) is 2.59.